The van der Waals surface area contributed by atoms with Gasteiger partial charge in [0.05, 0.1) is 10.7 Å². The summed E-state index contributed by atoms with van der Waals surface area (Å²) < 4.78 is 0. The minimum atomic E-state index is -0.663. The zero-order valence-electron chi connectivity index (χ0n) is 11.5. The maximum Gasteiger partial charge on any atom is 0.271 e. The van der Waals surface area contributed by atoms with Crippen molar-refractivity contribution in [2.45, 2.75) is 6.92 Å². The van der Waals surface area contributed by atoms with Gasteiger partial charge in [0.2, 0.25) is 0 Å². The molecule has 0 aromatic heterocycles. The highest BCUT2D eigenvalue weighted by molar-refractivity contribution is 6.47. The van der Waals surface area contributed by atoms with E-state index < -0.39 is 5.91 Å². The second-order valence-electron chi connectivity index (χ2n) is 4.61. The van der Waals surface area contributed by atoms with Crippen LogP contribution >= 0.6 is 34.8 Å². The normalized spacial score (nSPS) is 11.8. The predicted octanol–water partition coefficient (Wildman–Crippen LogP) is 5.41. The second-order valence-corrected chi connectivity index (χ2v) is 5.83. The van der Waals surface area contributed by atoms with Gasteiger partial charge >= 0.3 is 0 Å². The Balaban J connectivity index is 2.24. The average Bonchev–Trinajstić information content (AvgIpc) is 2.49. The molecule has 1 amide bonds. The van der Waals surface area contributed by atoms with E-state index in [0.717, 1.165) is 5.56 Å². The van der Waals surface area contributed by atoms with Gasteiger partial charge in [0, 0.05) is 10.6 Å². The molecule has 0 fully saturated rings. The van der Waals surface area contributed by atoms with Crippen molar-refractivity contribution in [3.05, 3.63) is 68.7 Å². The molecule has 22 heavy (non-hydrogen) atoms. The van der Waals surface area contributed by atoms with Crippen LogP contribution < -0.4 is 5.32 Å². The van der Waals surface area contributed by atoms with Crippen molar-refractivity contribution in [2.75, 3.05) is 5.32 Å². The first-order chi connectivity index (χ1) is 10.4. The Kier molecular flexibility index (Phi) is 5.35. The zero-order chi connectivity index (χ0) is 16.3. The van der Waals surface area contributed by atoms with E-state index in [-0.39, 0.29) is 15.8 Å². The number of carbonyl (C=O) groups is 1. The molecule has 0 unspecified atom stereocenters. The van der Waals surface area contributed by atoms with Crippen LogP contribution in [0, 0.1) is 6.92 Å². The standard InChI is InChI=1S/C16H12Cl3NO2/c1-9-2-4-10(5-3-9)15(21)14(19)16(22)20-13-7-6-11(17)8-12(13)18/h2-8,21H,1H3,(H,20,22)/b15-14+. The van der Waals surface area contributed by atoms with Gasteiger partial charge in [0.25, 0.3) is 5.91 Å². The fraction of sp³-hybridized carbons (Fsp3) is 0.0625. The Labute approximate surface area is 143 Å². The Hall–Kier alpha value is -1.68. The summed E-state index contributed by atoms with van der Waals surface area (Å²) in [5, 5.41) is 13.0. The summed E-state index contributed by atoms with van der Waals surface area (Å²) in [5.74, 6) is -0.965. The van der Waals surface area contributed by atoms with Gasteiger partial charge in [-0.15, -0.1) is 0 Å². The first kappa shape index (κ1) is 16.7. The average molecular weight is 357 g/mol. The van der Waals surface area contributed by atoms with Gasteiger partial charge in [-0.1, -0.05) is 64.6 Å². The van der Waals surface area contributed by atoms with Crippen LogP contribution in [-0.4, -0.2) is 11.0 Å². The van der Waals surface area contributed by atoms with Gasteiger partial charge in [-0.2, -0.15) is 0 Å². The number of hydrogen-bond donors (Lipinski definition) is 2. The van der Waals surface area contributed by atoms with Gasteiger partial charge in [0.15, 0.2) is 0 Å². The Morgan fingerprint density at radius 3 is 2.32 bits per heavy atom. The summed E-state index contributed by atoms with van der Waals surface area (Å²) in [6.45, 7) is 1.92. The molecular formula is C16H12Cl3NO2. The first-order valence-electron chi connectivity index (χ1n) is 6.30. The van der Waals surface area contributed by atoms with Crippen LogP contribution in [0.1, 0.15) is 11.1 Å². The molecule has 2 aromatic carbocycles. The highest BCUT2D eigenvalue weighted by Gasteiger charge is 2.15. The Bertz CT molecular complexity index is 740. The third kappa shape index (κ3) is 3.95. The van der Waals surface area contributed by atoms with E-state index in [2.05, 4.69) is 5.32 Å². The second kappa shape index (κ2) is 7.05. The lowest BCUT2D eigenvalue weighted by molar-refractivity contribution is -0.112. The maximum atomic E-state index is 12.1. The number of hydrogen-bond acceptors (Lipinski definition) is 2. The highest BCUT2D eigenvalue weighted by Crippen LogP contribution is 2.27. The smallest absolute Gasteiger partial charge is 0.271 e. The van der Waals surface area contributed by atoms with Crippen LogP contribution in [0.5, 0.6) is 0 Å². The topological polar surface area (TPSA) is 49.3 Å². The number of nitrogens with one attached hydrogen (secondary N) is 1. The monoisotopic (exact) mass is 355 g/mol. The van der Waals surface area contributed by atoms with Gasteiger partial charge < -0.3 is 10.4 Å². The van der Waals surface area contributed by atoms with Crippen LogP contribution in [0.2, 0.25) is 10.0 Å². The summed E-state index contributed by atoms with van der Waals surface area (Å²) >= 11 is 17.7. The van der Waals surface area contributed by atoms with Gasteiger partial charge in [-0.25, -0.2) is 0 Å². The lowest BCUT2D eigenvalue weighted by Gasteiger charge is -2.08. The number of amides is 1. The number of aliphatic hydroxyl groups is 1. The molecular weight excluding hydrogens is 345 g/mol. The molecule has 0 spiro atoms. The van der Waals surface area contributed by atoms with Crippen LogP contribution in [0.3, 0.4) is 0 Å². The minimum absolute atomic E-state index is 0.278. The Morgan fingerprint density at radius 2 is 1.73 bits per heavy atom. The van der Waals surface area contributed by atoms with Crippen molar-refractivity contribution in [3.8, 4) is 0 Å². The number of halogens is 3. The molecule has 2 rings (SSSR count). The van der Waals surface area contributed by atoms with E-state index in [4.69, 9.17) is 34.8 Å². The summed E-state index contributed by atoms with van der Waals surface area (Å²) in [5.41, 5.74) is 1.84. The number of rotatable bonds is 3. The van der Waals surface area contributed by atoms with Crippen molar-refractivity contribution in [1.82, 2.24) is 0 Å². The third-order valence-electron chi connectivity index (χ3n) is 2.91. The van der Waals surface area contributed by atoms with Crippen LogP contribution in [-0.2, 0) is 4.79 Å². The fourth-order valence-electron chi connectivity index (χ4n) is 1.71. The van der Waals surface area contributed by atoms with Crippen molar-refractivity contribution in [2.24, 2.45) is 0 Å². The van der Waals surface area contributed by atoms with Crippen molar-refractivity contribution >= 4 is 52.2 Å². The minimum Gasteiger partial charge on any atom is -0.506 e. The molecule has 0 heterocycles. The molecule has 0 aliphatic heterocycles. The molecule has 0 aliphatic carbocycles. The number of aryl methyl sites for hydroxylation is 1. The van der Waals surface area contributed by atoms with E-state index in [9.17, 15) is 9.90 Å². The molecule has 0 radical (unpaired) electrons. The highest BCUT2D eigenvalue weighted by atomic mass is 35.5. The van der Waals surface area contributed by atoms with Crippen molar-refractivity contribution < 1.29 is 9.90 Å². The van der Waals surface area contributed by atoms with Gasteiger partial charge in [0.1, 0.15) is 10.8 Å². The SMILES string of the molecule is Cc1ccc(/C(O)=C(\Cl)C(=O)Nc2ccc(Cl)cc2Cl)cc1. The number of benzene rings is 2. The largest absolute Gasteiger partial charge is 0.506 e. The molecule has 0 aliphatic rings. The predicted molar refractivity (Wildman–Crippen MR) is 91.7 cm³/mol. The summed E-state index contributed by atoms with van der Waals surface area (Å²) in [4.78, 5) is 12.1. The maximum absolute atomic E-state index is 12.1. The molecule has 0 saturated heterocycles. The number of carbonyl (C=O) groups excluding carboxylic acids is 1. The van der Waals surface area contributed by atoms with E-state index in [1.54, 1.807) is 24.3 Å². The molecule has 6 heteroatoms. The van der Waals surface area contributed by atoms with Gasteiger partial charge in [-0.3, -0.25) is 4.79 Å². The van der Waals surface area contributed by atoms with Crippen LogP contribution in [0.4, 0.5) is 5.69 Å². The molecule has 2 N–H and O–H groups in total. The lowest BCUT2D eigenvalue weighted by atomic mass is 10.1. The fourth-order valence-corrected chi connectivity index (χ4v) is 2.33. The molecule has 0 saturated carbocycles. The number of anilines is 1. The summed E-state index contributed by atoms with van der Waals surface area (Å²) in [6.07, 6.45) is 0. The lowest BCUT2D eigenvalue weighted by Crippen LogP contribution is -2.13. The number of aliphatic hydroxyl groups excluding tert-OH is 1. The van der Waals surface area contributed by atoms with Crippen LogP contribution in [0.25, 0.3) is 5.76 Å². The molecule has 0 atom stereocenters. The molecule has 2 aromatic rings. The third-order valence-corrected chi connectivity index (χ3v) is 3.81. The molecule has 3 nitrogen and oxygen atoms in total. The van der Waals surface area contributed by atoms with E-state index in [1.165, 1.54) is 6.07 Å². The molecule has 114 valence electrons. The summed E-state index contributed by atoms with van der Waals surface area (Å²) in [7, 11) is 0. The first-order valence-corrected chi connectivity index (χ1v) is 7.44. The van der Waals surface area contributed by atoms with E-state index in [1.807, 2.05) is 19.1 Å². The van der Waals surface area contributed by atoms with E-state index in [0.29, 0.717) is 16.3 Å². The summed E-state index contributed by atoms with van der Waals surface area (Å²) in [6, 6.07) is 11.6. The zero-order valence-corrected chi connectivity index (χ0v) is 13.8. The Morgan fingerprint density at radius 1 is 1.09 bits per heavy atom. The van der Waals surface area contributed by atoms with Crippen LogP contribution in [0.15, 0.2) is 47.5 Å². The molecule has 0 bridgehead atoms. The van der Waals surface area contributed by atoms with E-state index >= 15 is 0 Å². The van der Waals surface area contributed by atoms with Crippen molar-refractivity contribution in [3.63, 3.8) is 0 Å². The van der Waals surface area contributed by atoms with Crippen molar-refractivity contribution in [1.29, 1.82) is 0 Å². The quantitative estimate of drug-likeness (QED) is 0.571. The van der Waals surface area contributed by atoms with Gasteiger partial charge in [-0.05, 0) is 25.1 Å².